The second-order valence-electron chi connectivity index (χ2n) is 5.41. The highest BCUT2D eigenvalue weighted by atomic mass is 19.1. The molecule has 0 radical (unpaired) electrons. The first-order chi connectivity index (χ1) is 11.0. The topological polar surface area (TPSA) is 95.3 Å². The summed E-state index contributed by atoms with van der Waals surface area (Å²) in [6.45, 7) is 1.93. The minimum Gasteiger partial charge on any atom is -0.481 e. The van der Waals surface area contributed by atoms with E-state index in [9.17, 15) is 9.18 Å². The summed E-state index contributed by atoms with van der Waals surface area (Å²) in [5, 5.41) is 13.2. The van der Waals surface area contributed by atoms with Gasteiger partial charge in [0.15, 0.2) is 0 Å². The summed E-state index contributed by atoms with van der Waals surface area (Å²) in [5.74, 6) is -0.137. The number of piperidine rings is 1. The average Bonchev–Trinajstić information content (AvgIpc) is 2.94. The van der Waals surface area contributed by atoms with Gasteiger partial charge in [-0.05, 0) is 37.1 Å². The Morgan fingerprint density at radius 2 is 2.00 bits per heavy atom. The van der Waals surface area contributed by atoms with Crippen molar-refractivity contribution in [1.29, 1.82) is 0 Å². The minimum atomic E-state index is -0.833. The van der Waals surface area contributed by atoms with Gasteiger partial charge in [-0.1, -0.05) is 12.1 Å². The lowest BCUT2D eigenvalue weighted by Gasteiger charge is -2.29. The van der Waals surface area contributed by atoms with Crippen molar-refractivity contribution >= 4 is 5.97 Å². The van der Waals surface area contributed by atoms with Crippen molar-refractivity contribution in [3.05, 3.63) is 57.8 Å². The maximum Gasteiger partial charge on any atom is 0.300 e. The van der Waals surface area contributed by atoms with Gasteiger partial charge in [0.05, 0.1) is 0 Å². The standard InChI is InChI=1S/C14H15FN2O2.C2H4O2/c15-11-3-1-9(2-4-11)12-7-10(5-6-16-12)13-8-14(18)17-19-13;1-2(3)4/h1-4,8,10,12,16H,5-7H2,(H,17,18);1H3,(H,3,4)/t10-,12-;/m1./s1. The summed E-state index contributed by atoms with van der Waals surface area (Å²) in [6.07, 6.45) is 1.77. The highest BCUT2D eigenvalue weighted by Crippen LogP contribution is 2.33. The van der Waals surface area contributed by atoms with Gasteiger partial charge in [-0.3, -0.25) is 9.59 Å². The van der Waals surface area contributed by atoms with Crippen LogP contribution >= 0.6 is 0 Å². The molecule has 2 atom stereocenters. The van der Waals surface area contributed by atoms with E-state index >= 15 is 0 Å². The lowest BCUT2D eigenvalue weighted by molar-refractivity contribution is -0.134. The van der Waals surface area contributed by atoms with E-state index in [0.29, 0.717) is 5.76 Å². The van der Waals surface area contributed by atoms with E-state index in [-0.39, 0.29) is 23.3 Å². The van der Waals surface area contributed by atoms with Gasteiger partial charge in [0.25, 0.3) is 11.5 Å². The van der Waals surface area contributed by atoms with Crippen molar-refractivity contribution in [2.45, 2.75) is 31.7 Å². The van der Waals surface area contributed by atoms with Gasteiger partial charge in [0, 0.05) is 24.9 Å². The van der Waals surface area contributed by atoms with Crippen LogP contribution in [-0.4, -0.2) is 22.8 Å². The normalized spacial score (nSPS) is 20.4. The number of H-pyrrole nitrogens is 1. The fourth-order valence-electron chi connectivity index (χ4n) is 2.62. The number of carboxylic acids is 1. The van der Waals surface area contributed by atoms with Crippen LogP contribution in [0.25, 0.3) is 0 Å². The van der Waals surface area contributed by atoms with Crippen molar-refractivity contribution in [3.63, 3.8) is 0 Å². The quantitative estimate of drug-likeness (QED) is 0.789. The summed E-state index contributed by atoms with van der Waals surface area (Å²) in [6, 6.07) is 8.21. The third-order valence-electron chi connectivity index (χ3n) is 3.62. The number of aliphatic carboxylic acids is 1. The maximum atomic E-state index is 12.9. The number of nitrogens with one attached hydrogen (secondary N) is 2. The van der Waals surface area contributed by atoms with Crippen LogP contribution < -0.4 is 10.9 Å². The summed E-state index contributed by atoms with van der Waals surface area (Å²) >= 11 is 0. The van der Waals surface area contributed by atoms with E-state index < -0.39 is 5.97 Å². The lowest BCUT2D eigenvalue weighted by Crippen LogP contribution is -2.30. The SMILES string of the molecule is CC(=O)O.O=c1cc([C@@H]2CCN[C@@H](c3ccc(F)cc3)C2)o[nH]1. The van der Waals surface area contributed by atoms with E-state index in [1.165, 1.54) is 18.2 Å². The Hall–Kier alpha value is -2.41. The predicted molar refractivity (Wildman–Crippen MR) is 81.8 cm³/mol. The summed E-state index contributed by atoms with van der Waals surface area (Å²) in [4.78, 5) is 20.1. The van der Waals surface area contributed by atoms with Crippen LogP contribution in [0.1, 0.15) is 43.0 Å². The second-order valence-corrected chi connectivity index (χ2v) is 5.41. The molecule has 3 N–H and O–H groups in total. The molecule has 1 saturated heterocycles. The second kappa shape index (κ2) is 7.73. The molecule has 23 heavy (non-hydrogen) atoms. The number of aromatic nitrogens is 1. The fraction of sp³-hybridized carbons (Fsp3) is 0.375. The molecule has 6 nitrogen and oxygen atoms in total. The van der Waals surface area contributed by atoms with E-state index in [1.54, 1.807) is 12.1 Å². The molecular weight excluding hydrogens is 303 g/mol. The average molecular weight is 322 g/mol. The Balaban J connectivity index is 0.000000433. The Labute approximate surface area is 132 Å². The minimum absolute atomic E-state index is 0.166. The van der Waals surface area contributed by atoms with Crippen LogP contribution in [0.4, 0.5) is 4.39 Å². The largest absolute Gasteiger partial charge is 0.481 e. The fourth-order valence-corrected chi connectivity index (χ4v) is 2.62. The number of aromatic amines is 1. The molecule has 124 valence electrons. The van der Waals surface area contributed by atoms with Gasteiger partial charge in [0.2, 0.25) is 0 Å². The molecule has 1 aliphatic rings. The van der Waals surface area contributed by atoms with Crippen molar-refractivity contribution in [3.8, 4) is 0 Å². The Morgan fingerprint density at radius 1 is 1.35 bits per heavy atom. The van der Waals surface area contributed by atoms with Crippen LogP contribution in [-0.2, 0) is 4.79 Å². The molecule has 7 heteroatoms. The molecule has 0 aliphatic carbocycles. The molecule has 2 heterocycles. The van der Waals surface area contributed by atoms with E-state index in [4.69, 9.17) is 14.4 Å². The smallest absolute Gasteiger partial charge is 0.300 e. The van der Waals surface area contributed by atoms with Gasteiger partial charge in [-0.2, -0.15) is 5.16 Å². The highest BCUT2D eigenvalue weighted by molar-refractivity contribution is 5.62. The monoisotopic (exact) mass is 322 g/mol. The molecule has 1 aromatic carbocycles. The zero-order valence-corrected chi connectivity index (χ0v) is 12.7. The lowest BCUT2D eigenvalue weighted by atomic mass is 9.87. The first kappa shape index (κ1) is 17.0. The van der Waals surface area contributed by atoms with Crippen LogP contribution in [0.5, 0.6) is 0 Å². The number of rotatable bonds is 2. The predicted octanol–water partition coefficient (Wildman–Crippen LogP) is 2.41. The van der Waals surface area contributed by atoms with Gasteiger partial charge < -0.3 is 14.9 Å². The molecular formula is C16H19FN2O4. The van der Waals surface area contributed by atoms with Crippen molar-refractivity contribution in [2.75, 3.05) is 6.54 Å². The zero-order chi connectivity index (χ0) is 16.8. The Morgan fingerprint density at radius 3 is 2.57 bits per heavy atom. The van der Waals surface area contributed by atoms with E-state index in [1.807, 2.05) is 0 Å². The molecule has 0 bridgehead atoms. The van der Waals surface area contributed by atoms with Gasteiger partial charge in [-0.25, -0.2) is 4.39 Å². The number of halogens is 1. The van der Waals surface area contributed by atoms with Crippen LogP contribution in [0.3, 0.4) is 0 Å². The number of carboxylic acid groups (broad SMARTS) is 1. The van der Waals surface area contributed by atoms with Gasteiger partial charge >= 0.3 is 0 Å². The van der Waals surface area contributed by atoms with E-state index in [2.05, 4.69) is 10.5 Å². The molecule has 1 aliphatic heterocycles. The zero-order valence-electron chi connectivity index (χ0n) is 12.7. The van der Waals surface area contributed by atoms with E-state index in [0.717, 1.165) is 31.9 Å². The van der Waals surface area contributed by atoms with Crippen LogP contribution in [0.2, 0.25) is 0 Å². The van der Waals surface area contributed by atoms with Gasteiger partial charge in [0.1, 0.15) is 11.6 Å². The van der Waals surface area contributed by atoms with Crippen LogP contribution in [0.15, 0.2) is 39.6 Å². The number of carbonyl (C=O) groups is 1. The molecule has 0 amide bonds. The summed E-state index contributed by atoms with van der Waals surface area (Å²) < 4.78 is 18.1. The number of benzene rings is 1. The first-order valence-electron chi connectivity index (χ1n) is 7.32. The molecule has 0 spiro atoms. The third kappa shape index (κ3) is 5.07. The Kier molecular flexibility index (Phi) is 5.70. The molecule has 2 aromatic rings. The van der Waals surface area contributed by atoms with Crippen LogP contribution in [0, 0.1) is 5.82 Å². The maximum absolute atomic E-state index is 12.9. The van der Waals surface area contributed by atoms with Crippen molar-refractivity contribution in [2.24, 2.45) is 0 Å². The molecule has 3 rings (SSSR count). The number of hydrogen-bond donors (Lipinski definition) is 3. The highest BCUT2D eigenvalue weighted by Gasteiger charge is 2.26. The van der Waals surface area contributed by atoms with Crippen molar-refractivity contribution < 1.29 is 18.8 Å². The molecule has 1 fully saturated rings. The summed E-state index contributed by atoms with van der Waals surface area (Å²) in [5.41, 5.74) is 0.857. The first-order valence-corrected chi connectivity index (χ1v) is 7.32. The third-order valence-corrected chi connectivity index (χ3v) is 3.62. The number of hydrogen-bond acceptors (Lipinski definition) is 4. The molecule has 0 saturated carbocycles. The van der Waals surface area contributed by atoms with Crippen molar-refractivity contribution in [1.82, 2.24) is 10.5 Å². The summed E-state index contributed by atoms with van der Waals surface area (Å²) in [7, 11) is 0. The Bertz CT molecular complexity index is 689. The van der Waals surface area contributed by atoms with Gasteiger partial charge in [-0.15, -0.1) is 0 Å². The molecule has 0 unspecified atom stereocenters. The molecule has 1 aromatic heterocycles.